The fourth-order valence-corrected chi connectivity index (χ4v) is 4.91. The quantitative estimate of drug-likeness (QED) is 0.569. The molecule has 7 heteroatoms. The van der Waals surface area contributed by atoms with E-state index in [1.165, 1.54) is 10.4 Å². The SMILES string of the molecule is Cc1nn(-c2ccccc2)c(C)c1CN(C)CC(=O)N1CCN(Cc2cccs2)CC1. The molecule has 1 fully saturated rings. The summed E-state index contributed by atoms with van der Waals surface area (Å²) < 4.78 is 1.99. The number of rotatable bonds is 7. The van der Waals surface area contributed by atoms with Crippen LogP contribution < -0.4 is 0 Å². The Morgan fingerprint density at radius 2 is 1.81 bits per heavy atom. The molecule has 0 N–H and O–H groups in total. The van der Waals surface area contributed by atoms with Gasteiger partial charge in [-0.05, 0) is 44.5 Å². The monoisotopic (exact) mass is 437 g/mol. The number of carbonyl (C=O) groups excluding carboxylic acids is 1. The van der Waals surface area contributed by atoms with Gasteiger partial charge < -0.3 is 4.90 Å². The first-order valence-electron chi connectivity index (χ1n) is 10.8. The van der Waals surface area contributed by atoms with Crippen LogP contribution in [0.5, 0.6) is 0 Å². The molecule has 1 amide bonds. The van der Waals surface area contributed by atoms with Crippen molar-refractivity contribution in [3.8, 4) is 5.69 Å². The second kappa shape index (κ2) is 9.77. The predicted octanol–water partition coefficient (Wildman–Crippen LogP) is 3.33. The zero-order chi connectivity index (χ0) is 21.8. The molecule has 1 aromatic carbocycles. The highest BCUT2D eigenvalue weighted by atomic mass is 32.1. The summed E-state index contributed by atoms with van der Waals surface area (Å²) >= 11 is 1.80. The lowest BCUT2D eigenvalue weighted by atomic mass is 10.2. The van der Waals surface area contributed by atoms with Gasteiger partial charge in [0.15, 0.2) is 0 Å². The van der Waals surface area contributed by atoms with E-state index in [4.69, 9.17) is 5.10 Å². The van der Waals surface area contributed by atoms with E-state index in [2.05, 4.69) is 46.4 Å². The Balaban J connectivity index is 1.30. The number of amides is 1. The number of carbonyl (C=O) groups is 1. The summed E-state index contributed by atoms with van der Waals surface area (Å²) in [4.78, 5) is 20.8. The molecule has 31 heavy (non-hydrogen) atoms. The van der Waals surface area contributed by atoms with Crippen molar-refractivity contribution in [3.05, 3.63) is 69.7 Å². The molecule has 6 nitrogen and oxygen atoms in total. The molecule has 3 aromatic rings. The summed E-state index contributed by atoms with van der Waals surface area (Å²) in [6.07, 6.45) is 0. The molecule has 164 valence electrons. The van der Waals surface area contributed by atoms with Crippen LogP contribution in [-0.2, 0) is 17.9 Å². The van der Waals surface area contributed by atoms with E-state index in [0.29, 0.717) is 13.1 Å². The average Bonchev–Trinajstić information content (AvgIpc) is 3.38. The fraction of sp³-hybridized carbons (Fsp3) is 0.417. The number of nitrogens with zero attached hydrogens (tertiary/aromatic N) is 5. The molecule has 3 heterocycles. The largest absolute Gasteiger partial charge is 0.339 e. The number of hydrogen-bond acceptors (Lipinski definition) is 5. The predicted molar refractivity (Wildman–Crippen MR) is 126 cm³/mol. The van der Waals surface area contributed by atoms with E-state index < -0.39 is 0 Å². The van der Waals surface area contributed by atoms with Crippen LogP contribution >= 0.6 is 11.3 Å². The van der Waals surface area contributed by atoms with Gasteiger partial charge in [0.05, 0.1) is 17.9 Å². The molecule has 0 radical (unpaired) electrons. The minimum atomic E-state index is 0.212. The summed E-state index contributed by atoms with van der Waals surface area (Å²) in [7, 11) is 2.02. The lowest BCUT2D eigenvalue weighted by Crippen LogP contribution is -2.50. The van der Waals surface area contributed by atoms with Crippen LogP contribution in [0.2, 0.25) is 0 Å². The average molecular weight is 438 g/mol. The maximum Gasteiger partial charge on any atom is 0.236 e. The van der Waals surface area contributed by atoms with Crippen LogP contribution in [0.4, 0.5) is 0 Å². The molecule has 0 atom stereocenters. The third kappa shape index (κ3) is 5.23. The molecule has 1 saturated heterocycles. The number of piperazine rings is 1. The Bertz CT molecular complexity index is 991. The highest BCUT2D eigenvalue weighted by Gasteiger charge is 2.23. The summed E-state index contributed by atoms with van der Waals surface area (Å²) in [6, 6.07) is 14.5. The Morgan fingerprint density at radius 3 is 2.48 bits per heavy atom. The van der Waals surface area contributed by atoms with Gasteiger partial charge in [0.2, 0.25) is 5.91 Å². The van der Waals surface area contributed by atoms with Crippen LogP contribution in [0.15, 0.2) is 47.8 Å². The molecule has 0 saturated carbocycles. The number of benzene rings is 1. The smallest absolute Gasteiger partial charge is 0.236 e. The minimum absolute atomic E-state index is 0.212. The number of hydrogen-bond donors (Lipinski definition) is 0. The lowest BCUT2D eigenvalue weighted by Gasteiger charge is -2.35. The van der Waals surface area contributed by atoms with Crippen molar-refractivity contribution >= 4 is 17.2 Å². The molecule has 1 aliphatic rings. The molecular formula is C24H31N5OS. The topological polar surface area (TPSA) is 44.6 Å². The van der Waals surface area contributed by atoms with E-state index >= 15 is 0 Å². The summed E-state index contributed by atoms with van der Waals surface area (Å²) in [5, 5.41) is 6.85. The first-order chi connectivity index (χ1) is 15.0. The Hall–Kier alpha value is -2.48. The molecule has 0 aliphatic carbocycles. The number of aryl methyl sites for hydroxylation is 1. The first-order valence-corrected chi connectivity index (χ1v) is 11.7. The summed E-state index contributed by atoms with van der Waals surface area (Å²) in [5.41, 5.74) is 4.40. The number of thiophene rings is 1. The fourth-order valence-electron chi connectivity index (χ4n) is 4.16. The van der Waals surface area contributed by atoms with Gasteiger partial charge in [0.25, 0.3) is 0 Å². The second-order valence-corrected chi connectivity index (χ2v) is 9.34. The van der Waals surface area contributed by atoms with E-state index in [9.17, 15) is 4.79 Å². The molecule has 0 bridgehead atoms. The van der Waals surface area contributed by atoms with Crippen molar-refractivity contribution in [2.45, 2.75) is 26.9 Å². The number of para-hydroxylation sites is 1. The highest BCUT2D eigenvalue weighted by Crippen LogP contribution is 2.19. The van der Waals surface area contributed by atoms with E-state index in [0.717, 1.165) is 49.8 Å². The van der Waals surface area contributed by atoms with Crippen LogP contribution in [0, 0.1) is 13.8 Å². The second-order valence-electron chi connectivity index (χ2n) is 8.31. The van der Waals surface area contributed by atoms with Crippen LogP contribution in [0.3, 0.4) is 0 Å². The van der Waals surface area contributed by atoms with Gasteiger partial charge in [-0.2, -0.15) is 5.10 Å². The molecule has 0 unspecified atom stereocenters. The third-order valence-electron chi connectivity index (χ3n) is 5.96. The Labute approximate surface area is 188 Å². The number of aromatic nitrogens is 2. The molecular weight excluding hydrogens is 406 g/mol. The van der Waals surface area contributed by atoms with Crippen LogP contribution in [0.1, 0.15) is 21.8 Å². The van der Waals surface area contributed by atoms with Gasteiger partial charge in [-0.25, -0.2) is 4.68 Å². The van der Waals surface area contributed by atoms with E-state index in [1.54, 1.807) is 11.3 Å². The minimum Gasteiger partial charge on any atom is -0.339 e. The summed E-state index contributed by atoms with van der Waals surface area (Å²) in [5.74, 6) is 0.212. The van der Waals surface area contributed by atoms with Gasteiger partial charge in [0.1, 0.15) is 0 Å². The summed E-state index contributed by atoms with van der Waals surface area (Å²) in [6.45, 7) is 9.78. The van der Waals surface area contributed by atoms with Crippen LogP contribution in [0.25, 0.3) is 5.69 Å². The van der Waals surface area contributed by atoms with Gasteiger partial charge >= 0.3 is 0 Å². The van der Waals surface area contributed by atoms with Gasteiger partial charge in [0, 0.05) is 55.4 Å². The normalized spacial score (nSPS) is 15.0. The van der Waals surface area contributed by atoms with Gasteiger partial charge in [-0.3, -0.25) is 14.6 Å². The zero-order valence-electron chi connectivity index (χ0n) is 18.6. The van der Waals surface area contributed by atoms with Crippen molar-refractivity contribution in [1.29, 1.82) is 0 Å². The van der Waals surface area contributed by atoms with Gasteiger partial charge in [-0.15, -0.1) is 11.3 Å². The van der Waals surface area contributed by atoms with Crippen molar-refractivity contribution < 1.29 is 4.79 Å². The van der Waals surface area contributed by atoms with Crippen molar-refractivity contribution in [3.63, 3.8) is 0 Å². The zero-order valence-corrected chi connectivity index (χ0v) is 19.4. The molecule has 2 aromatic heterocycles. The standard InChI is InChI=1S/C24H31N5OS/c1-19-23(20(2)29(25-19)21-8-5-4-6-9-21)17-26(3)18-24(30)28-13-11-27(12-14-28)16-22-10-7-15-31-22/h4-10,15H,11-14,16-18H2,1-3H3. The van der Waals surface area contributed by atoms with Crippen molar-refractivity contribution in [2.75, 3.05) is 39.8 Å². The Morgan fingerprint density at radius 1 is 1.06 bits per heavy atom. The molecule has 1 aliphatic heterocycles. The number of likely N-dealkylation sites (N-methyl/N-ethyl adjacent to an activating group) is 1. The lowest BCUT2D eigenvalue weighted by molar-refractivity contribution is -0.134. The van der Waals surface area contributed by atoms with Crippen molar-refractivity contribution in [1.82, 2.24) is 24.5 Å². The first kappa shape index (κ1) is 21.7. The Kier molecular flexibility index (Phi) is 6.85. The van der Waals surface area contributed by atoms with E-state index in [-0.39, 0.29) is 5.91 Å². The third-order valence-corrected chi connectivity index (χ3v) is 6.82. The molecule has 0 spiro atoms. The van der Waals surface area contributed by atoms with Crippen molar-refractivity contribution in [2.24, 2.45) is 0 Å². The van der Waals surface area contributed by atoms with E-state index in [1.807, 2.05) is 41.8 Å². The molecule has 4 rings (SSSR count). The van der Waals surface area contributed by atoms with Crippen LogP contribution in [-0.4, -0.2) is 70.2 Å². The maximum absolute atomic E-state index is 12.9. The highest BCUT2D eigenvalue weighted by molar-refractivity contribution is 7.09. The van der Waals surface area contributed by atoms with Gasteiger partial charge in [-0.1, -0.05) is 24.3 Å². The maximum atomic E-state index is 12.9.